The second kappa shape index (κ2) is 24.4. The molecule has 0 aromatic rings. The molecule has 3 heteroatoms. The van der Waals surface area contributed by atoms with Crippen LogP contribution < -0.4 is 0 Å². The molecule has 0 amide bonds. The topological polar surface area (TPSA) is 46.2 Å². The Morgan fingerprint density at radius 1 is 1.17 bits per heavy atom. The van der Waals surface area contributed by atoms with Gasteiger partial charge in [0.15, 0.2) is 0 Å². The van der Waals surface area contributed by atoms with Gasteiger partial charge in [0.2, 0.25) is 0 Å². The fraction of sp³-hybridized carbons (Fsp3) is 0.333. The van der Waals surface area contributed by atoms with Crippen LogP contribution in [0.25, 0.3) is 0 Å². The molecule has 3 nitrogen and oxygen atoms in total. The van der Waals surface area contributed by atoms with Crippen molar-refractivity contribution in [2.24, 2.45) is 0 Å². The molecule has 0 fully saturated rings. The number of allylic oxidation sites excluding steroid dienone is 4. The van der Waals surface area contributed by atoms with Crippen molar-refractivity contribution in [3.05, 3.63) is 56.8 Å². The van der Waals surface area contributed by atoms with Crippen LogP contribution in [0.5, 0.6) is 0 Å². The first-order valence-electron chi connectivity index (χ1n) is 5.49. The van der Waals surface area contributed by atoms with Gasteiger partial charge in [-0.05, 0) is 19.3 Å². The summed E-state index contributed by atoms with van der Waals surface area (Å²) in [7, 11) is 1.40. The number of hydrogen-bond donors (Lipinski definition) is 0. The van der Waals surface area contributed by atoms with Crippen molar-refractivity contribution in [1.82, 2.24) is 0 Å². The predicted molar refractivity (Wildman–Crippen MR) is 74.1 cm³/mol. The molecule has 0 spiro atoms. The van der Waals surface area contributed by atoms with Crippen molar-refractivity contribution in [2.45, 2.75) is 25.7 Å². The number of hydrogen-bond acceptors (Lipinski definition) is 2. The second-order valence-electron chi connectivity index (χ2n) is 2.94. The molecular formula is C15H22O3. The van der Waals surface area contributed by atoms with Gasteiger partial charge in [-0.2, -0.15) is 0 Å². The van der Waals surface area contributed by atoms with Gasteiger partial charge in [-0.3, -0.25) is 4.79 Å². The number of ether oxygens (including phenoxy) is 1. The van der Waals surface area contributed by atoms with Crippen LogP contribution in [0, 0.1) is 6.65 Å². The van der Waals surface area contributed by atoms with Gasteiger partial charge in [0.1, 0.15) is 0 Å². The first-order chi connectivity index (χ1) is 8.72. The zero-order valence-corrected chi connectivity index (χ0v) is 11.1. The van der Waals surface area contributed by atoms with Gasteiger partial charge in [0, 0.05) is 0 Å². The Labute approximate surface area is 110 Å². The van der Waals surface area contributed by atoms with Gasteiger partial charge in [0.25, 0.3) is 0 Å². The number of methoxy groups -OCH3 is 1. The standard InChI is InChI=1S/C10H16O2.C4H6.CO/c1-3-4-5-6-7-8-9-10(11)12-2;1-3-4-2;1-2/h3,7-8H,1,4-6,9H2,2H3;3-4H,1-2H2;/b8-7+;;. The summed E-state index contributed by atoms with van der Waals surface area (Å²) in [5, 5.41) is 0. The van der Waals surface area contributed by atoms with Crippen LogP contribution in [0.1, 0.15) is 25.7 Å². The van der Waals surface area contributed by atoms with Crippen molar-refractivity contribution in [1.29, 1.82) is 0 Å². The normalized spacial score (nSPS) is 7.94. The first-order valence-corrected chi connectivity index (χ1v) is 5.49. The molecular weight excluding hydrogens is 228 g/mol. The van der Waals surface area contributed by atoms with E-state index in [1.807, 2.05) is 18.2 Å². The SMILES string of the molecule is C=CC=C.C=CCCC/C=C/CC(=O)OC.[C-]#[O+]. The molecule has 0 heterocycles. The molecule has 0 N–H and O–H groups in total. The summed E-state index contributed by atoms with van der Waals surface area (Å²) in [5.74, 6) is -0.185. The number of carbonyl (C=O) groups is 1. The number of esters is 1. The Kier molecular flexibility index (Phi) is 29.1. The maximum absolute atomic E-state index is 10.6. The minimum atomic E-state index is -0.185. The van der Waals surface area contributed by atoms with Crippen molar-refractivity contribution in [3.8, 4) is 0 Å². The van der Waals surface area contributed by atoms with Crippen LogP contribution in [-0.4, -0.2) is 13.1 Å². The van der Waals surface area contributed by atoms with Crippen molar-refractivity contribution in [2.75, 3.05) is 7.11 Å². The van der Waals surface area contributed by atoms with E-state index < -0.39 is 0 Å². The van der Waals surface area contributed by atoms with Crippen LogP contribution in [-0.2, 0) is 14.2 Å². The summed E-state index contributed by atoms with van der Waals surface area (Å²) >= 11 is 0. The summed E-state index contributed by atoms with van der Waals surface area (Å²) in [5.41, 5.74) is 0. The molecule has 0 aromatic carbocycles. The van der Waals surface area contributed by atoms with Gasteiger partial charge >= 0.3 is 17.3 Å². The Bertz CT molecular complexity index is 256. The van der Waals surface area contributed by atoms with Crippen molar-refractivity contribution >= 4 is 5.97 Å². The Balaban J connectivity index is -0.000000317. The fourth-order valence-electron chi connectivity index (χ4n) is 0.761. The van der Waals surface area contributed by atoms with Crippen molar-refractivity contribution < 1.29 is 14.2 Å². The number of rotatable bonds is 7. The van der Waals surface area contributed by atoms with Crippen LogP contribution in [0.2, 0.25) is 0 Å². The zero-order valence-electron chi connectivity index (χ0n) is 11.1. The molecule has 0 radical (unpaired) electrons. The molecule has 0 bridgehead atoms. The molecule has 0 rings (SSSR count). The van der Waals surface area contributed by atoms with E-state index in [0.29, 0.717) is 6.42 Å². The fourth-order valence-corrected chi connectivity index (χ4v) is 0.761. The molecule has 0 saturated carbocycles. The molecule has 0 saturated heterocycles. The molecule has 100 valence electrons. The van der Waals surface area contributed by atoms with Gasteiger partial charge in [-0.15, -0.1) is 6.58 Å². The average molecular weight is 250 g/mol. The summed E-state index contributed by atoms with van der Waals surface area (Å²) in [4.78, 5) is 10.6. The van der Waals surface area contributed by atoms with E-state index in [1.54, 1.807) is 12.2 Å². The Hall–Kier alpha value is -1.83. The van der Waals surface area contributed by atoms with Crippen LogP contribution >= 0.6 is 0 Å². The third-order valence-corrected chi connectivity index (χ3v) is 1.62. The van der Waals surface area contributed by atoms with Crippen LogP contribution in [0.4, 0.5) is 0 Å². The molecule has 0 aromatic heterocycles. The van der Waals surface area contributed by atoms with E-state index >= 15 is 0 Å². The van der Waals surface area contributed by atoms with E-state index in [-0.39, 0.29) is 5.97 Å². The minimum absolute atomic E-state index is 0.185. The predicted octanol–water partition coefficient (Wildman–Crippen LogP) is 3.78. The van der Waals surface area contributed by atoms with Crippen LogP contribution in [0.15, 0.2) is 50.1 Å². The Morgan fingerprint density at radius 2 is 1.72 bits per heavy atom. The summed E-state index contributed by atoms with van der Waals surface area (Å²) in [6.45, 7) is 14.8. The summed E-state index contributed by atoms with van der Waals surface area (Å²) in [6, 6.07) is 0. The second-order valence-corrected chi connectivity index (χ2v) is 2.94. The van der Waals surface area contributed by atoms with Gasteiger partial charge in [-0.25, -0.2) is 0 Å². The molecule has 0 atom stereocenters. The van der Waals surface area contributed by atoms with E-state index in [2.05, 4.69) is 31.1 Å². The number of carbonyl (C=O) groups excluding carboxylic acids is 1. The van der Waals surface area contributed by atoms with E-state index in [4.69, 9.17) is 4.65 Å². The van der Waals surface area contributed by atoms with E-state index in [1.165, 1.54) is 7.11 Å². The van der Waals surface area contributed by atoms with E-state index in [0.717, 1.165) is 19.3 Å². The quantitative estimate of drug-likeness (QED) is 0.172. The summed E-state index contributed by atoms with van der Waals surface area (Å²) in [6.07, 6.45) is 12.5. The third kappa shape index (κ3) is 29.2. The number of unbranched alkanes of at least 4 members (excludes halogenated alkanes) is 2. The maximum atomic E-state index is 10.6. The zero-order chi connectivity index (χ0) is 14.6. The molecule has 0 aliphatic rings. The molecule has 0 aliphatic carbocycles. The van der Waals surface area contributed by atoms with Crippen LogP contribution in [0.3, 0.4) is 0 Å². The Morgan fingerprint density at radius 3 is 2.11 bits per heavy atom. The monoisotopic (exact) mass is 250 g/mol. The first kappa shape index (κ1) is 21.5. The van der Waals surface area contributed by atoms with Gasteiger partial charge < -0.3 is 4.74 Å². The molecule has 0 aliphatic heterocycles. The molecule has 0 unspecified atom stereocenters. The average Bonchev–Trinajstić information content (AvgIpc) is 2.44. The van der Waals surface area contributed by atoms with Gasteiger partial charge in [-0.1, -0.05) is 43.5 Å². The summed E-state index contributed by atoms with van der Waals surface area (Å²) < 4.78 is 12.0. The van der Waals surface area contributed by atoms with E-state index in [9.17, 15) is 4.79 Å². The molecule has 18 heavy (non-hydrogen) atoms. The van der Waals surface area contributed by atoms with Gasteiger partial charge in [0.05, 0.1) is 13.5 Å². The van der Waals surface area contributed by atoms with Crippen molar-refractivity contribution in [3.63, 3.8) is 0 Å². The third-order valence-electron chi connectivity index (χ3n) is 1.62.